The highest BCUT2D eigenvalue weighted by Gasteiger charge is 2.34. The van der Waals surface area contributed by atoms with Crippen LogP contribution in [0.25, 0.3) is 0 Å². The van der Waals surface area contributed by atoms with E-state index in [0.717, 1.165) is 0 Å². The third-order valence-electron chi connectivity index (χ3n) is 2.00. The molecule has 0 saturated carbocycles. The van der Waals surface area contributed by atoms with Crippen LogP contribution < -0.4 is 5.56 Å². The molecule has 1 aromatic rings. The maximum atomic E-state index is 12.5. The van der Waals surface area contributed by atoms with Crippen LogP contribution in [0.4, 0.5) is 13.2 Å². The average Bonchev–Trinajstić information content (AvgIpc) is 2.30. The molecule has 0 aliphatic carbocycles. The predicted octanol–water partition coefficient (Wildman–Crippen LogP) is 0.638. The molecule has 0 aliphatic rings. The van der Waals surface area contributed by atoms with Gasteiger partial charge in [0, 0.05) is 0 Å². The largest absolute Gasteiger partial charge is 0.465 e. The number of carbonyl (C=O) groups excluding carboxylic acids is 2. The molecule has 9 heteroatoms. The molecule has 0 N–H and O–H groups in total. The van der Waals surface area contributed by atoms with Crippen molar-refractivity contribution in [2.24, 2.45) is 0 Å². The van der Waals surface area contributed by atoms with Crippen molar-refractivity contribution in [2.45, 2.75) is 19.6 Å². The molecular formula is C10H9F3N2O4. The lowest BCUT2D eigenvalue weighted by atomic mass is 10.2. The Labute approximate surface area is 104 Å². The van der Waals surface area contributed by atoms with E-state index < -0.39 is 35.5 Å². The van der Waals surface area contributed by atoms with Gasteiger partial charge in [-0.3, -0.25) is 14.4 Å². The van der Waals surface area contributed by atoms with Crippen molar-refractivity contribution >= 4 is 12.3 Å². The number of halogens is 3. The van der Waals surface area contributed by atoms with Crippen LogP contribution in [0, 0.1) is 0 Å². The SMILES string of the molecule is CCOC(=O)Cn1nc(C(F)(F)F)cc(C=O)c1=O. The number of hydrogen-bond donors (Lipinski definition) is 0. The maximum Gasteiger partial charge on any atom is 0.435 e. The van der Waals surface area contributed by atoms with Crippen molar-refractivity contribution < 1.29 is 27.5 Å². The van der Waals surface area contributed by atoms with Gasteiger partial charge in [-0.2, -0.15) is 18.3 Å². The van der Waals surface area contributed by atoms with Gasteiger partial charge in [0.05, 0.1) is 12.2 Å². The Kier molecular flexibility index (Phi) is 4.41. The Hall–Kier alpha value is -2.19. The molecule has 1 rings (SSSR count). The van der Waals surface area contributed by atoms with E-state index in [4.69, 9.17) is 0 Å². The fourth-order valence-electron chi connectivity index (χ4n) is 1.22. The Balaban J connectivity index is 3.26. The van der Waals surface area contributed by atoms with Gasteiger partial charge in [0.25, 0.3) is 5.56 Å². The predicted molar refractivity (Wildman–Crippen MR) is 55.5 cm³/mol. The second-order valence-corrected chi connectivity index (χ2v) is 3.37. The number of esters is 1. The van der Waals surface area contributed by atoms with Gasteiger partial charge < -0.3 is 4.74 Å². The first kappa shape index (κ1) is 14.9. The molecule has 0 atom stereocenters. The third-order valence-corrected chi connectivity index (χ3v) is 2.00. The Morgan fingerprint density at radius 3 is 2.63 bits per heavy atom. The summed E-state index contributed by atoms with van der Waals surface area (Å²) in [5, 5.41) is 2.99. The lowest BCUT2D eigenvalue weighted by molar-refractivity contribution is -0.146. The Bertz CT molecular complexity index is 551. The summed E-state index contributed by atoms with van der Waals surface area (Å²) in [6, 6.07) is 0.330. The summed E-state index contributed by atoms with van der Waals surface area (Å²) < 4.78 is 42.2. The van der Waals surface area contributed by atoms with Crippen LogP contribution in [0.1, 0.15) is 23.0 Å². The number of aldehydes is 1. The van der Waals surface area contributed by atoms with Crippen LogP contribution in [0.2, 0.25) is 0 Å². The van der Waals surface area contributed by atoms with Gasteiger partial charge in [-0.05, 0) is 13.0 Å². The van der Waals surface area contributed by atoms with Crippen molar-refractivity contribution in [2.75, 3.05) is 6.61 Å². The summed E-state index contributed by atoms with van der Waals surface area (Å²) in [6.07, 6.45) is -4.86. The number of hydrogen-bond acceptors (Lipinski definition) is 5. The first-order valence-corrected chi connectivity index (χ1v) is 5.09. The van der Waals surface area contributed by atoms with E-state index in [1.165, 1.54) is 6.92 Å². The van der Waals surface area contributed by atoms with Crippen LogP contribution in [-0.2, 0) is 22.3 Å². The number of aromatic nitrogens is 2. The second-order valence-electron chi connectivity index (χ2n) is 3.37. The zero-order valence-electron chi connectivity index (χ0n) is 9.73. The van der Waals surface area contributed by atoms with Crippen molar-refractivity contribution in [1.29, 1.82) is 0 Å². The van der Waals surface area contributed by atoms with Gasteiger partial charge in [0.2, 0.25) is 0 Å². The molecule has 0 spiro atoms. The number of alkyl halides is 3. The van der Waals surface area contributed by atoms with Gasteiger partial charge in [-0.15, -0.1) is 0 Å². The molecular weight excluding hydrogens is 269 g/mol. The molecule has 0 radical (unpaired) electrons. The second kappa shape index (κ2) is 5.63. The molecule has 1 aromatic heterocycles. The highest BCUT2D eigenvalue weighted by atomic mass is 19.4. The fourth-order valence-corrected chi connectivity index (χ4v) is 1.22. The fraction of sp³-hybridized carbons (Fsp3) is 0.400. The summed E-state index contributed by atoms with van der Waals surface area (Å²) in [5.74, 6) is -0.923. The van der Waals surface area contributed by atoms with Gasteiger partial charge in [0.15, 0.2) is 12.0 Å². The van der Waals surface area contributed by atoms with E-state index in [0.29, 0.717) is 6.07 Å². The molecule has 0 bridgehead atoms. The van der Waals surface area contributed by atoms with Crippen LogP contribution >= 0.6 is 0 Å². The number of rotatable bonds is 4. The molecule has 0 saturated heterocycles. The van der Waals surface area contributed by atoms with Gasteiger partial charge in [-0.1, -0.05) is 0 Å². The minimum absolute atomic E-state index is 0.00703. The topological polar surface area (TPSA) is 78.3 Å². The molecule has 0 aromatic carbocycles. The standard InChI is InChI=1S/C10H9F3N2O4/c1-2-19-8(17)4-15-9(18)6(5-16)3-7(14-15)10(11,12)13/h3,5H,2,4H2,1H3. The van der Waals surface area contributed by atoms with Crippen LogP contribution in [-0.4, -0.2) is 28.6 Å². The lowest BCUT2D eigenvalue weighted by Crippen LogP contribution is -2.32. The van der Waals surface area contributed by atoms with Gasteiger partial charge in [0.1, 0.15) is 6.54 Å². The molecule has 0 amide bonds. The van der Waals surface area contributed by atoms with Crippen LogP contribution in [0.5, 0.6) is 0 Å². The summed E-state index contributed by atoms with van der Waals surface area (Å²) in [4.78, 5) is 33.2. The molecule has 0 fully saturated rings. The van der Waals surface area contributed by atoms with E-state index in [1.54, 1.807) is 0 Å². The number of ether oxygens (including phenoxy) is 1. The third kappa shape index (κ3) is 3.63. The van der Waals surface area contributed by atoms with Gasteiger partial charge >= 0.3 is 12.1 Å². The van der Waals surface area contributed by atoms with E-state index in [9.17, 15) is 27.6 Å². The smallest absolute Gasteiger partial charge is 0.435 e. The zero-order chi connectivity index (χ0) is 14.6. The number of nitrogens with zero attached hydrogens (tertiary/aromatic N) is 2. The summed E-state index contributed by atoms with van der Waals surface area (Å²) in [5.41, 5.74) is -3.25. The maximum absolute atomic E-state index is 12.5. The minimum atomic E-state index is -4.83. The van der Waals surface area contributed by atoms with Crippen molar-refractivity contribution in [3.8, 4) is 0 Å². The molecule has 19 heavy (non-hydrogen) atoms. The molecule has 6 nitrogen and oxygen atoms in total. The first-order chi connectivity index (χ1) is 8.79. The number of carbonyl (C=O) groups is 2. The van der Waals surface area contributed by atoms with E-state index in [1.807, 2.05) is 0 Å². The molecule has 0 unspecified atom stereocenters. The van der Waals surface area contributed by atoms with E-state index in [-0.39, 0.29) is 17.6 Å². The van der Waals surface area contributed by atoms with E-state index >= 15 is 0 Å². The van der Waals surface area contributed by atoms with Crippen molar-refractivity contribution in [1.82, 2.24) is 9.78 Å². The van der Waals surface area contributed by atoms with Crippen LogP contribution in [0.15, 0.2) is 10.9 Å². The summed E-state index contributed by atoms with van der Waals surface area (Å²) in [6.45, 7) is 0.710. The molecule has 1 heterocycles. The zero-order valence-corrected chi connectivity index (χ0v) is 9.73. The van der Waals surface area contributed by atoms with Gasteiger partial charge in [-0.25, -0.2) is 4.68 Å². The Morgan fingerprint density at radius 2 is 2.16 bits per heavy atom. The normalized spacial score (nSPS) is 11.2. The van der Waals surface area contributed by atoms with Crippen molar-refractivity contribution in [3.05, 3.63) is 27.7 Å². The van der Waals surface area contributed by atoms with Crippen molar-refractivity contribution in [3.63, 3.8) is 0 Å². The monoisotopic (exact) mass is 278 g/mol. The minimum Gasteiger partial charge on any atom is -0.465 e. The quantitative estimate of drug-likeness (QED) is 0.596. The first-order valence-electron chi connectivity index (χ1n) is 5.09. The molecule has 104 valence electrons. The Morgan fingerprint density at radius 1 is 1.53 bits per heavy atom. The summed E-state index contributed by atoms with van der Waals surface area (Å²) in [7, 11) is 0. The highest BCUT2D eigenvalue weighted by molar-refractivity contribution is 5.74. The van der Waals surface area contributed by atoms with E-state index in [2.05, 4.69) is 9.84 Å². The average molecular weight is 278 g/mol. The lowest BCUT2D eigenvalue weighted by Gasteiger charge is -2.10. The highest BCUT2D eigenvalue weighted by Crippen LogP contribution is 2.26. The molecule has 0 aliphatic heterocycles. The summed E-state index contributed by atoms with van der Waals surface area (Å²) >= 11 is 0. The van der Waals surface area contributed by atoms with Crippen LogP contribution in [0.3, 0.4) is 0 Å².